The molecule has 1 heterocycles. The highest BCUT2D eigenvalue weighted by Crippen LogP contribution is 2.25. The molecule has 0 aliphatic rings. The van der Waals surface area contributed by atoms with Gasteiger partial charge in [0.05, 0.1) is 16.1 Å². The van der Waals surface area contributed by atoms with Crippen molar-refractivity contribution >= 4 is 78.8 Å². The second-order valence-corrected chi connectivity index (χ2v) is 10.8. The van der Waals surface area contributed by atoms with E-state index in [4.69, 9.17) is 23.2 Å². The fourth-order valence-corrected chi connectivity index (χ4v) is 5.06. The molecule has 1 aromatic heterocycles. The second-order valence-electron chi connectivity index (χ2n) is 8.20. The van der Waals surface area contributed by atoms with Crippen LogP contribution in [0.1, 0.15) is 11.3 Å². The number of hydrogen-bond donors (Lipinski definition) is 2. The molecule has 37 heavy (non-hydrogen) atoms. The molecule has 9 heteroatoms. The van der Waals surface area contributed by atoms with E-state index in [2.05, 4.69) is 10.3 Å². The Hall–Kier alpha value is -3.91. The number of amides is 2. The van der Waals surface area contributed by atoms with Gasteiger partial charge in [0.1, 0.15) is 0 Å². The number of nitrogens with zero attached hydrogens (tertiary/aromatic N) is 1. The summed E-state index contributed by atoms with van der Waals surface area (Å²) in [5, 5.41) is 6.45. The van der Waals surface area contributed by atoms with Gasteiger partial charge in [-0.25, -0.2) is 22.9 Å². The van der Waals surface area contributed by atoms with E-state index in [0.717, 1.165) is 32.9 Å². The summed E-state index contributed by atoms with van der Waals surface area (Å²) in [5.41, 5.74) is 3.03. The topological polar surface area (TPSA) is 88.2 Å². The Morgan fingerprint density at radius 1 is 0.784 bits per heavy atom. The van der Waals surface area contributed by atoms with Crippen LogP contribution in [0, 0.1) is 0 Å². The van der Waals surface area contributed by atoms with Crippen molar-refractivity contribution in [2.75, 3.05) is 5.32 Å². The zero-order chi connectivity index (χ0) is 26.0. The van der Waals surface area contributed by atoms with Crippen molar-refractivity contribution in [3.05, 3.63) is 112 Å². The molecule has 0 fully saturated rings. The van der Waals surface area contributed by atoms with E-state index in [1.165, 1.54) is 24.3 Å². The number of nitrogens with one attached hydrogen (secondary N) is 2. The zero-order valence-corrected chi connectivity index (χ0v) is 21.5. The van der Waals surface area contributed by atoms with Gasteiger partial charge in [-0.1, -0.05) is 65.7 Å². The number of urea groups is 1. The third kappa shape index (κ3) is 5.75. The highest BCUT2D eigenvalue weighted by molar-refractivity contribution is 7.90. The highest BCUT2D eigenvalue weighted by atomic mass is 35.5. The SMILES string of the molecule is O=C(Nc1ccc2c(/C=C/c3ccc4ccc(Cl)cc4n3)cccc2c1)NS(=O)(=O)c1ccc(Cl)cc1. The fraction of sp³-hybridized carbons (Fsp3) is 0. The molecule has 0 atom stereocenters. The van der Waals surface area contributed by atoms with E-state index in [0.29, 0.717) is 15.7 Å². The second kappa shape index (κ2) is 10.2. The van der Waals surface area contributed by atoms with Gasteiger partial charge in [-0.15, -0.1) is 0 Å². The van der Waals surface area contributed by atoms with Crippen LogP contribution in [0.15, 0.2) is 95.9 Å². The molecule has 0 aliphatic carbocycles. The summed E-state index contributed by atoms with van der Waals surface area (Å²) >= 11 is 11.9. The maximum atomic E-state index is 12.4. The van der Waals surface area contributed by atoms with Gasteiger partial charge >= 0.3 is 6.03 Å². The van der Waals surface area contributed by atoms with Crippen molar-refractivity contribution in [3.63, 3.8) is 0 Å². The first-order valence-corrected chi connectivity index (χ1v) is 13.4. The third-order valence-corrected chi connectivity index (χ3v) is 7.47. The lowest BCUT2D eigenvalue weighted by molar-refractivity contribution is 0.256. The lowest BCUT2D eigenvalue weighted by Crippen LogP contribution is -2.34. The van der Waals surface area contributed by atoms with Crippen molar-refractivity contribution < 1.29 is 13.2 Å². The maximum Gasteiger partial charge on any atom is 0.333 e. The van der Waals surface area contributed by atoms with Crippen LogP contribution in [-0.4, -0.2) is 19.4 Å². The van der Waals surface area contributed by atoms with E-state index in [9.17, 15) is 13.2 Å². The predicted octanol–water partition coefficient (Wildman–Crippen LogP) is 7.38. The van der Waals surface area contributed by atoms with Gasteiger partial charge in [-0.2, -0.15) is 0 Å². The zero-order valence-electron chi connectivity index (χ0n) is 19.2. The Balaban J connectivity index is 1.34. The summed E-state index contributed by atoms with van der Waals surface area (Å²) in [6, 6.07) is 25.4. The number of rotatable bonds is 5. The van der Waals surface area contributed by atoms with Crippen LogP contribution in [0.5, 0.6) is 0 Å². The van der Waals surface area contributed by atoms with Crippen molar-refractivity contribution in [3.8, 4) is 0 Å². The van der Waals surface area contributed by atoms with Crippen LogP contribution in [0.4, 0.5) is 10.5 Å². The molecule has 0 unspecified atom stereocenters. The van der Waals surface area contributed by atoms with E-state index >= 15 is 0 Å². The largest absolute Gasteiger partial charge is 0.333 e. The smallest absolute Gasteiger partial charge is 0.307 e. The Labute approximate surface area is 223 Å². The van der Waals surface area contributed by atoms with Crippen molar-refractivity contribution in [2.24, 2.45) is 0 Å². The average Bonchev–Trinajstić information content (AvgIpc) is 2.87. The van der Waals surface area contributed by atoms with Crippen LogP contribution < -0.4 is 10.0 Å². The molecule has 184 valence electrons. The van der Waals surface area contributed by atoms with Gasteiger partial charge in [0, 0.05) is 21.1 Å². The van der Waals surface area contributed by atoms with Gasteiger partial charge in [0.15, 0.2) is 0 Å². The molecule has 0 radical (unpaired) electrons. The number of benzene rings is 4. The van der Waals surface area contributed by atoms with Gasteiger partial charge in [0.2, 0.25) is 0 Å². The summed E-state index contributed by atoms with van der Waals surface area (Å²) in [4.78, 5) is 17.0. The first-order chi connectivity index (χ1) is 17.8. The first kappa shape index (κ1) is 24.8. The number of aromatic nitrogens is 1. The molecule has 2 N–H and O–H groups in total. The number of hydrogen-bond acceptors (Lipinski definition) is 4. The highest BCUT2D eigenvalue weighted by Gasteiger charge is 2.17. The van der Waals surface area contributed by atoms with Gasteiger partial charge < -0.3 is 5.32 Å². The summed E-state index contributed by atoms with van der Waals surface area (Å²) in [6.07, 6.45) is 3.90. The van der Waals surface area contributed by atoms with Crippen molar-refractivity contribution in [1.29, 1.82) is 0 Å². The number of fused-ring (bicyclic) bond motifs is 2. The number of carbonyl (C=O) groups is 1. The normalized spacial score (nSPS) is 11.7. The minimum absolute atomic E-state index is 0.0639. The molecule has 2 amide bonds. The van der Waals surface area contributed by atoms with E-state index < -0.39 is 16.1 Å². The molecule has 0 spiro atoms. The van der Waals surface area contributed by atoms with Crippen molar-refractivity contribution in [1.82, 2.24) is 9.71 Å². The molecule has 5 aromatic rings. The minimum atomic E-state index is -4.04. The van der Waals surface area contributed by atoms with E-state index in [1.54, 1.807) is 12.1 Å². The predicted molar refractivity (Wildman–Crippen MR) is 150 cm³/mol. The number of pyridine rings is 1. The molecular weight excluding hydrogens is 529 g/mol. The molecule has 6 nitrogen and oxygen atoms in total. The quantitative estimate of drug-likeness (QED) is 0.240. The first-order valence-electron chi connectivity index (χ1n) is 11.1. The van der Waals surface area contributed by atoms with Crippen LogP contribution in [0.3, 0.4) is 0 Å². The molecule has 0 aliphatic heterocycles. The molecular formula is C28H19Cl2N3O3S. The number of anilines is 1. The van der Waals surface area contributed by atoms with Crippen LogP contribution >= 0.6 is 23.2 Å². The number of halogens is 2. The Kier molecular flexibility index (Phi) is 6.84. The molecule has 4 aromatic carbocycles. The van der Waals surface area contributed by atoms with E-state index in [1.807, 2.05) is 71.5 Å². The molecule has 0 saturated heterocycles. The lowest BCUT2D eigenvalue weighted by Gasteiger charge is -2.10. The fourth-order valence-electron chi connectivity index (χ4n) is 3.86. The van der Waals surface area contributed by atoms with Gasteiger partial charge in [0.25, 0.3) is 10.0 Å². The third-order valence-electron chi connectivity index (χ3n) is 5.63. The molecule has 5 rings (SSSR count). The minimum Gasteiger partial charge on any atom is -0.307 e. The Morgan fingerprint density at radius 2 is 1.54 bits per heavy atom. The van der Waals surface area contributed by atoms with E-state index in [-0.39, 0.29) is 4.90 Å². The number of sulfonamides is 1. The Bertz CT molecular complexity index is 1790. The van der Waals surface area contributed by atoms with Gasteiger partial charge in [-0.3, -0.25) is 0 Å². The van der Waals surface area contributed by atoms with Crippen LogP contribution in [0.2, 0.25) is 10.0 Å². The van der Waals surface area contributed by atoms with Crippen LogP contribution in [0.25, 0.3) is 33.8 Å². The van der Waals surface area contributed by atoms with Crippen molar-refractivity contribution in [2.45, 2.75) is 4.90 Å². The van der Waals surface area contributed by atoms with Crippen LogP contribution in [-0.2, 0) is 10.0 Å². The molecule has 0 saturated carbocycles. The summed E-state index contributed by atoms with van der Waals surface area (Å²) in [7, 11) is -4.04. The molecule has 0 bridgehead atoms. The summed E-state index contributed by atoms with van der Waals surface area (Å²) < 4.78 is 26.9. The maximum absolute atomic E-state index is 12.4. The lowest BCUT2D eigenvalue weighted by atomic mass is 10.0. The monoisotopic (exact) mass is 547 g/mol. The average molecular weight is 548 g/mol. The number of carbonyl (C=O) groups excluding carboxylic acids is 1. The van der Waals surface area contributed by atoms with Gasteiger partial charge in [-0.05, 0) is 77.0 Å². The Morgan fingerprint density at radius 3 is 2.35 bits per heavy atom. The summed E-state index contributed by atoms with van der Waals surface area (Å²) in [5.74, 6) is 0. The summed E-state index contributed by atoms with van der Waals surface area (Å²) in [6.45, 7) is 0. The standard InChI is InChI=1S/C28H19Cl2N3O3S/c29-21-8-13-25(14-9-21)37(35,36)33-28(34)32-24-12-15-26-18(2-1-3-20(26)16-24)5-10-23-11-6-19-4-7-22(30)17-27(19)31-23/h1-17H,(H2,32,33,34)/b10-5+.